The van der Waals surface area contributed by atoms with Gasteiger partial charge in [-0.1, -0.05) is 0 Å². The Morgan fingerprint density at radius 1 is 1.25 bits per heavy atom. The minimum absolute atomic E-state index is 0.177. The van der Waals surface area contributed by atoms with Gasteiger partial charge < -0.3 is 0 Å². The summed E-state index contributed by atoms with van der Waals surface area (Å²) in [6, 6.07) is 0.573. The molecular formula is C7H11F3N2. The van der Waals surface area contributed by atoms with Crippen molar-refractivity contribution < 1.29 is 13.2 Å². The molecule has 2 atom stereocenters. The Morgan fingerprint density at radius 3 is 2.25 bits per heavy atom. The second-order valence-electron chi connectivity index (χ2n) is 3.62. The summed E-state index contributed by atoms with van der Waals surface area (Å²) in [6.45, 7) is 0.642. The third-order valence-corrected chi connectivity index (χ3v) is 2.76. The van der Waals surface area contributed by atoms with E-state index in [1.807, 2.05) is 7.05 Å². The summed E-state index contributed by atoms with van der Waals surface area (Å²) in [7, 11) is 1.95. The van der Waals surface area contributed by atoms with E-state index in [1.165, 1.54) is 4.90 Å². The number of piperazine rings is 1. The lowest BCUT2D eigenvalue weighted by atomic mass is 9.86. The second-order valence-corrected chi connectivity index (χ2v) is 3.62. The van der Waals surface area contributed by atoms with Gasteiger partial charge in [0.1, 0.15) is 0 Å². The fraction of sp³-hybridized carbons (Fsp3) is 1.00. The number of likely N-dealkylation sites (tertiary alicyclic amines) is 2. The van der Waals surface area contributed by atoms with E-state index in [1.54, 1.807) is 0 Å². The van der Waals surface area contributed by atoms with Gasteiger partial charge in [0.25, 0.3) is 0 Å². The van der Waals surface area contributed by atoms with E-state index in [0.29, 0.717) is 12.6 Å². The first-order valence-electron chi connectivity index (χ1n) is 3.98. The molecule has 2 aliphatic heterocycles. The Labute approximate surface area is 68.9 Å². The van der Waals surface area contributed by atoms with E-state index in [9.17, 15) is 13.2 Å². The van der Waals surface area contributed by atoms with E-state index in [0.717, 1.165) is 6.54 Å². The number of hydrogen-bond acceptors (Lipinski definition) is 2. The maximum atomic E-state index is 11.9. The number of alkyl halides is 3. The number of fused-ring (bicyclic) bond motifs is 1. The van der Waals surface area contributed by atoms with E-state index >= 15 is 0 Å². The van der Waals surface area contributed by atoms with Crippen LogP contribution in [0, 0.1) is 0 Å². The van der Waals surface area contributed by atoms with Crippen molar-refractivity contribution in [3.63, 3.8) is 0 Å². The normalized spacial score (nSPS) is 37.0. The van der Waals surface area contributed by atoms with Crippen molar-refractivity contribution in [2.24, 2.45) is 0 Å². The van der Waals surface area contributed by atoms with Crippen LogP contribution in [0.15, 0.2) is 0 Å². The Kier molecular flexibility index (Phi) is 1.63. The van der Waals surface area contributed by atoms with E-state index in [-0.39, 0.29) is 6.04 Å². The van der Waals surface area contributed by atoms with Crippen molar-refractivity contribution in [2.75, 3.05) is 26.7 Å². The second kappa shape index (κ2) is 2.35. The highest BCUT2D eigenvalue weighted by Gasteiger charge is 2.52. The van der Waals surface area contributed by atoms with E-state index in [2.05, 4.69) is 4.90 Å². The van der Waals surface area contributed by atoms with E-state index < -0.39 is 12.7 Å². The van der Waals surface area contributed by atoms with Crippen LogP contribution in [0.25, 0.3) is 0 Å². The lowest BCUT2D eigenvalue weighted by Gasteiger charge is -2.61. The van der Waals surface area contributed by atoms with E-state index in [4.69, 9.17) is 0 Å². The quantitative estimate of drug-likeness (QED) is 0.581. The molecule has 2 fully saturated rings. The summed E-state index contributed by atoms with van der Waals surface area (Å²) in [5, 5.41) is 0. The lowest BCUT2D eigenvalue weighted by molar-refractivity contribution is -0.196. The molecule has 0 aliphatic carbocycles. The molecule has 0 spiro atoms. The van der Waals surface area contributed by atoms with Crippen molar-refractivity contribution in [2.45, 2.75) is 18.3 Å². The molecule has 0 aromatic rings. The number of halogens is 3. The summed E-state index contributed by atoms with van der Waals surface area (Å²) in [5.74, 6) is 0. The molecule has 0 radical (unpaired) electrons. The molecule has 2 heterocycles. The maximum absolute atomic E-state index is 11.9. The zero-order valence-electron chi connectivity index (χ0n) is 6.80. The first-order chi connectivity index (χ1) is 5.47. The van der Waals surface area contributed by atoms with Gasteiger partial charge in [-0.3, -0.25) is 9.80 Å². The summed E-state index contributed by atoms with van der Waals surface area (Å²) in [4.78, 5) is 3.60. The molecule has 2 aliphatic rings. The van der Waals surface area contributed by atoms with Crippen LogP contribution in [-0.2, 0) is 0 Å². The highest BCUT2D eigenvalue weighted by molar-refractivity contribution is 5.07. The van der Waals surface area contributed by atoms with Crippen LogP contribution in [0.2, 0.25) is 0 Å². The highest BCUT2D eigenvalue weighted by Crippen LogP contribution is 2.34. The van der Waals surface area contributed by atoms with Gasteiger partial charge in [0, 0.05) is 25.2 Å². The van der Waals surface area contributed by atoms with Crippen molar-refractivity contribution in [3.8, 4) is 0 Å². The Morgan fingerprint density at radius 2 is 1.92 bits per heavy atom. The van der Waals surface area contributed by atoms with Crippen molar-refractivity contribution in [1.29, 1.82) is 0 Å². The molecule has 0 saturated carbocycles. The van der Waals surface area contributed by atoms with Gasteiger partial charge in [0.2, 0.25) is 0 Å². The van der Waals surface area contributed by atoms with Gasteiger partial charge in [-0.05, 0) is 7.05 Å². The first-order valence-corrected chi connectivity index (χ1v) is 3.98. The minimum Gasteiger partial charge on any atom is -0.299 e. The summed E-state index contributed by atoms with van der Waals surface area (Å²) in [5.41, 5.74) is 0. The summed E-state index contributed by atoms with van der Waals surface area (Å²) in [6.07, 6.45) is -4.03. The van der Waals surface area contributed by atoms with Crippen LogP contribution in [-0.4, -0.2) is 54.7 Å². The number of hydrogen-bond donors (Lipinski definition) is 0. The lowest BCUT2D eigenvalue weighted by Crippen LogP contribution is -2.78. The largest absolute Gasteiger partial charge is 0.401 e. The fourth-order valence-corrected chi connectivity index (χ4v) is 1.98. The molecule has 2 rings (SSSR count). The number of nitrogens with zero attached hydrogens (tertiary/aromatic N) is 2. The van der Waals surface area contributed by atoms with Gasteiger partial charge in [0.05, 0.1) is 6.54 Å². The molecule has 0 aromatic carbocycles. The third kappa shape index (κ3) is 1.21. The predicted octanol–water partition coefficient (Wildman–Crippen LogP) is 0.547. The van der Waals surface area contributed by atoms with Crippen molar-refractivity contribution in [3.05, 3.63) is 0 Å². The van der Waals surface area contributed by atoms with Crippen LogP contribution in [0.1, 0.15) is 0 Å². The highest BCUT2D eigenvalue weighted by atomic mass is 19.4. The maximum Gasteiger partial charge on any atom is 0.401 e. The monoisotopic (exact) mass is 180 g/mol. The average molecular weight is 180 g/mol. The summed E-state index contributed by atoms with van der Waals surface area (Å²) < 4.78 is 35.7. The molecule has 5 heteroatoms. The molecule has 12 heavy (non-hydrogen) atoms. The van der Waals surface area contributed by atoms with Gasteiger partial charge in [0.15, 0.2) is 0 Å². The van der Waals surface area contributed by atoms with Gasteiger partial charge in [-0.15, -0.1) is 0 Å². The fourth-order valence-electron chi connectivity index (χ4n) is 1.98. The first kappa shape index (κ1) is 8.31. The van der Waals surface area contributed by atoms with Crippen molar-refractivity contribution >= 4 is 0 Å². The smallest absolute Gasteiger partial charge is 0.299 e. The molecule has 2 unspecified atom stereocenters. The molecular weight excluding hydrogens is 169 g/mol. The predicted molar refractivity (Wildman–Crippen MR) is 37.8 cm³/mol. The molecule has 2 saturated heterocycles. The standard InChI is InChI=1S/C7H11F3N2/c1-11-2-6-5(11)3-12(6)4-7(8,9)10/h5-6H,2-4H2,1H3. The Bertz CT molecular complexity index is 192. The van der Waals surface area contributed by atoms with Crippen LogP contribution < -0.4 is 0 Å². The Hall–Kier alpha value is -0.290. The third-order valence-electron chi connectivity index (χ3n) is 2.76. The average Bonchev–Trinajstić information content (AvgIpc) is 1.90. The molecule has 0 bridgehead atoms. The zero-order valence-corrected chi connectivity index (χ0v) is 6.80. The Balaban J connectivity index is 1.80. The zero-order chi connectivity index (χ0) is 8.93. The van der Waals surface area contributed by atoms with Crippen LogP contribution >= 0.6 is 0 Å². The minimum atomic E-state index is -4.03. The van der Waals surface area contributed by atoms with Crippen LogP contribution in [0.4, 0.5) is 13.2 Å². The van der Waals surface area contributed by atoms with Gasteiger partial charge in [-0.25, -0.2) is 0 Å². The van der Waals surface area contributed by atoms with Crippen LogP contribution in [0.5, 0.6) is 0 Å². The molecule has 2 nitrogen and oxygen atoms in total. The van der Waals surface area contributed by atoms with Gasteiger partial charge >= 0.3 is 6.18 Å². The molecule has 0 aromatic heterocycles. The SMILES string of the molecule is CN1CC2C1CN2CC(F)(F)F. The number of likely N-dealkylation sites (N-methyl/N-ethyl adjacent to an activating group) is 1. The molecule has 70 valence electrons. The summed E-state index contributed by atoms with van der Waals surface area (Å²) >= 11 is 0. The van der Waals surface area contributed by atoms with Crippen LogP contribution in [0.3, 0.4) is 0 Å². The topological polar surface area (TPSA) is 6.48 Å². The molecule has 0 amide bonds. The molecule has 0 N–H and O–H groups in total. The van der Waals surface area contributed by atoms with Gasteiger partial charge in [-0.2, -0.15) is 13.2 Å². The van der Waals surface area contributed by atoms with Crippen molar-refractivity contribution in [1.82, 2.24) is 9.80 Å². The number of rotatable bonds is 1.